The number of hydrogen-bond acceptors (Lipinski definition) is 3. The second-order valence-corrected chi connectivity index (χ2v) is 4.04. The van der Waals surface area contributed by atoms with E-state index in [1.54, 1.807) is 18.2 Å². The predicted molar refractivity (Wildman–Crippen MR) is 65.7 cm³/mol. The Hall–Kier alpha value is -1.76. The third-order valence-electron chi connectivity index (χ3n) is 2.30. The van der Waals surface area contributed by atoms with Gasteiger partial charge in [0.25, 0.3) is 0 Å². The van der Waals surface area contributed by atoms with Gasteiger partial charge in [-0.25, -0.2) is 0 Å². The van der Waals surface area contributed by atoms with Crippen molar-refractivity contribution in [3.8, 4) is 0 Å². The maximum atomic E-state index is 11.8. The molecule has 106 valence electrons. The Labute approximate surface area is 108 Å². The van der Waals surface area contributed by atoms with Gasteiger partial charge < -0.3 is 15.8 Å². The highest BCUT2D eigenvalue weighted by molar-refractivity contribution is 5.91. The van der Waals surface area contributed by atoms with E-state index in [4.69, 9.17) is 5.73 Å². The Balaban J connectivity index is 2.33. The summed E-state index contributed by atoms with van der Waals surface area (Å²) in [4.78, 5) is 11.4. The van der Waals surface area contributed by atoms with E-state index in [-0.39, 0.29) is 13.0 Å². The Kier molecular flexibility index (Phi) is 5.17. The minimum atomic E-state index is -4.37. The van der Waals surface area contributed by atoms with Crippen LogP contribution in [0.5, 0.6) is 0 Å². The zero-order valence-electron chi connectivity index (χ0n) is 10.4. The number of hydrogen-bond donors (Lipinski definition) is 2. The van der Waals surface area contributed by atoms with Crippen LogP contribution in [0, 0.1) is 6.92 Å². The number of carbonyl (C=O) groups is 1. The van der Waals surface area contributed by atoms with Gasteiger partial charge in [-0.2, -0.15) is 13.2 Å². The maximum Gasteiger partial charge on any atom is 0.411 e. The summed E-state index contributed by atoms with van der Waals surface area (Å²) in [5, 5.41) is 2.53. The molecule has 0 unspecified atom stereocenters. The van der Waals surface area contributed by atoms with Crippen LogP contribution < -0.4 is 11.1 Å². The molecule has 0 bridgehead atoms. The van der Waals surface area contributed by atoms with E-state index in [0.29, 0.717) is 11.4 Å². The van der Waals surface area contributed by atoms with Gasteiger partial charge in [-0.15, -0.1) is 0 Å². The van der Waals surface area contributed by atoms with Crippen molar-refractivity contribution in [2.24, 2.45) is 0 Å². The molecule has 0 radical (unpaired) electrons. The number of carbonyl (C=O) groups excluding carboxylic acids is 1. The summed E-state index contributed by atoms with van der Waals surface area (Å²) in [6.07, 6.45) is -4.52. The molecule has 0 aliphatic carbocycles. The largest absolute Gasteiger partial charge is 0.411 e. The highest BCUT2D eigenvalue weighted by Gasteiger charge is 2.27. The van der Waals surface area contributed by atoms with Crippen molar-refractivity contribution in [3.63, 3.8) is 0 Å². The lowest BCUT2D eigenvalue weighted by Gasteiger charge is -2.09. The predicted octanol–water partition coefficient (Wildman–Crippen LogP) is 2.48. The number of alkyl halides is 3. The fourth-order valence-electron chi connectivity index (χ4n) is 1.29. The standard InChI is InChI=1S/C12H15F3N2O2/c1-8-2-3-9(6-10(8)16)17-11(18)4-5-19-7-12(13,14)15/h2-3,6H,4-5,7,16H2,1H3,(H,17,18). The van der Waals surface area contributed by atoms with Gasteiger partial charge in [0.2, 0.25) is 5.91 Å². The molecule has 0 fully saturated rings. The van der Waals surface area contributed by atoms with Crippen molar-refractivity contribution >= 4 is 17.3 Å². The second-order valence-electron chi connectivity index (χ2n) is 4.04. The van der Waals surface area contributed by atoms with E-state index in [9.17, 15) is 18.0 Å². The van der Waals surface area contributed by atoms with E-state index in [1.807, 2.05) is 6.92 Å². The molecule has 7 heteroatoms. The molecule has 3 N–H and O–H groups in total. The van der Waals surface area contributed by atoms with E-state index < -0.39 is 18.7 Å². The van der Waals surface area contributed by atoms with Crippen LogP contribution in [-0.4, -0.2) is 25.3 Å². The fourth-order valence-corrected chi connectivity index (χ4v) is 1.29. The molecule has 4 nitrogen and oxygen atoms in total. The topological polar surface area (TPSA) is 64.3 Å². The fraction of sp³-hybridized carbons (Fsp3) is 0.417. The second kappa shape index (κ2) is 6.42. The summed E-state index contributed by atoms with van der Waals surface area (Å²) in [5.41, 5.74) is 7.58. The third kappa shape index (κ3) is 6.10. The van der Waals surface area contributed by atoms with Gasteiger partial charge in [0, 0.05) is 11.4 Å². The van der Waals surface area contributed by atoms with Gasteiger partial charge in [0.1, 0.15) is 6.61 Å². The Morgan fingerprint density at radius 1 is 1.42 bits per heavy atom. The van der Waals surface area contributed by atoms with Crippen molar-refractivity contribution in [2.75, 3.05) is 24.3 Å². The van der Waals surface area contributed by atoms with E-state index in [2.05, 4.69) is 10.1 Å². The highest BCUT2D eigenvalue weighted by atomic mass is 19.4. The van der Waals surface area contributed by atoms with Gasteiger partial charge in [0.15, 0.2) is 0 Å². The lowest BCUT2D eigenvalue weighted by molar-refractivity contribution is -0.174. The minimum Gasteiger partial charge on any atom is -0.398 e. The Morgan fingerprint density at radius 2 is 2.11 bits per heavy atom. The number of nitrogen functional groups attached to an aromatic ring is 1. The van der Waals surface area contributed by atoms with Gasteiger partial charge in [0.05, 0.1) is 13.0 Å². The SMILES string of the molecule is Cc1ccc(NC(=O)CCOCC(F)(F)F)cc1N. The van der Waals surface area contributed by atoms with Crippen molar-refractivity contribution in [1.82, 2.24) is 0 Å². The molecule has 0 aliphatic rings. The zero-order valence-corrected chi connectivity index (χ0v) is 10.4. The number of nitrogens with one attached hydrogen (secondary N) is 1. The monoisotopic (exact) mass is 276 g/mol. The molecular formula is C12H15F3N2O2. The van der Waals surface area contributed by atoms with E-state index in [0.717, 1.165) is 5.56 Å². The zero-order chi connectivity index (χ0) is 14.5. The normalized spacial score (nSPS) is 11.4. The van der Waals surface area contributed by atoms with Crippen LogP contribution in [0.1, 0.15) is 12.0 Å². The maximum absolute atomic E-state index is 11.8. The minimum absolute atomic E-state index is 0.149. The van der Waals surface area contributed by atoms with Gasteiger partial charge in [-0.3, -0.25) is 4.79 Å². The van der Waals surface area contributed by atoms with E-state index in [1.165, 1.54) is 0 Å². The summed E-state index contributed by atoms with van der Waals surface area (Å²) < 4.78 is 39.6. The molecule has 0 spiro atoms. The number of aryl methyl sites for hydroxylation is 1. The molecule has 0 aromatic heterocycles. The average molecular weight is 276 g/mol. The van der Waals surface area contributed by atoms with Gasteiger partial charge in [-0.05, 0) is 24.6 Å². The molecule has 1 amide bonds. The number of halogens is 3. The van der Waals surface area contributed by atoms with Crippen LogP contribution >= 0.6 is 0 Å². The first kappa shape index (κ1) is 15.3. The first-order valence-electron chi connectivity index (χ1n) is 5.58. The van der Waals surface area contributed by atoms with Crippen LogP contribution in [0.25, 0.3) is 0 Å². The molecule has 1 aromatic carbocycles. The van der Waals surface area contributed by atoms with Crippen LogP contribution in [0.2, 0.25) is 0 Å². The van der Waals surface area contributed by atoms with Crippen LogP contribution in [-0.2, 0) is 9.53 Å². The van der Waals surface area contributed by atoms with E-state index >= 15 is 0 Å². The molecule has 0 atom stereocenters. The quantitative estimate of drug-likeness (QED) is 0.641. The third-order valence-corrected chi connectivity index (χ3v) is 2.30. The summed E-state index contributed by atoms with van der Waals surface area (Å²) in [6.45, 7) is 0.191. The molecular weight excluding hydrogens is 261 g/mol. The van der Waals surface area contributed by atoms with Gasteiger partial charge in [-0.1, -0.05) is 6.07 Å². The summed E-state index contributed by atoms with van der Waals surface area (Å²) in [7, 11) is 0. The van der Waals surface area contributed by atoms with Crippen molar-refractivity contribution in [2.45, 2.75) is 19.5 Å². The van der Waals surface area contributed by atoms with Crippen LogP contribution in [0.4, 0.5) is 24.5 Å². The molecule has 0 saturated heterocycles. The number of amides is 1. The molecule has 1 aromatic rings. The summed E-state index contributed by atoms with van der Waals surface area (Å²) in [6, 6.07) is 5.00. The first-order valence-corrected chi connectivity index (χ1v) is 5.58. The van der Waals surface area contributed by atoms with Crippen molar-refractivity contribution < 1.29 is 22.7 Å². The molecule has 19 heavy (non-hydrogen) atoms. The first-order chi connectivity index (χ1) is 8.78. The van der Waals surface area contributed by atoms with Crippen molar-refractivity contribution in [1.29, 1.82) is 0 Å². The van der Waals surface area contributed by atoms with Crippen molar-refractivity contribution in [3.05, 3.63) is 23.8 Å². The Bertz CT molecular complexity index is 447. The number of ether oxygens (including phenoxy) is 1. The van der Waals surface area contributed by atoms with Gasteiger partial charge >= 0.3 is 6.18 Å². The highest BCUT2D eigenvalue weighted by Crippen LogP contribution is 2.17. The lowest BCUT2D eigenvalue weighted by Crippen LogP contribution is -2.20. The average Bonchev–Trinajstić information content (AvgIpc) is 2.28. The smallest absolute Gasteiger partial charge is 0.398 e. The summed E-state index contributed by atoms with van der Waals surface area (Å²) >= 11 is 0. The number of benzene rings is 1. The number of rotatable bonds is 5. The number of nitrogens with two attached hydrogens (primary N) is 1. The molecule has 0 heterocycles. The van der Waals surface area contributed by atoms with Crippen LogP contribution in [0.3, 0.4) is 0 Å². The Morgan fingerprint density at radius 3 is 2.68 bits per heavy atom. The van der Waals surface area contributed by atoms with Crippen LogP contribution in [0.15, 0.2) is 18.2 Å². The lowest BCUT2D eigenvalue weighted by atomic mass is 10.2. The number of anilines is 2. The molecule has 0 saturated carbocycles. The molecule has 1 rings (SSSR count). The summed E-state index contributed by atoms with van der Waals surface area (Å²) in [5.74, 6) is -0.426. The molecule has 0 aliphatic heterocycles.